The van der Waals surface area contributed by atoms with E-state index in [0.29, 0.717) is 4.90 Å². The van der Waals surface area contributed by atoms with E-state index in [1.54, 1.807) is 20.8 Å². The molecule has 0 aromatic rings. The Bertz CT molecular complexity index is 459. The van der Waals surface area contributed by atoms with Crippen molar-refractivity contribution in [3.05, 3.63) is 0 Å². The van der Waals surface area contributed by atoms with Crippen molar-refractivity contribution in [1.29, 1.82) is 0 Å². The standard InChI is InChI=1S/C12H16F3NO5/c1-11(2,3)21-10(19)16-5(9(17)18)4-20-8-6(7(8)16)12(13,14)15/h5-8H,4H2,1-3H3,(H,17,18)/t5-,6-,7-,8+/m0/s1. The van der Waals surface area contributed by atoms with Gasteiger partial charge in [-0.1, -0.05) is 0 Å². The first kappa shape index (κ1) is 15.9. The predicted molar refractivity (Wildman–Crippen MR) is 62.6 cm³/mol. The summed E-state index contributed by atoms with van der Waals surface area (Å²) in [5.74, 6) is -3.29. The van der Waals surface area contributed by atoms with E-state index in [-0.39, 0.29) is 0 Å². The second-order valence-corrected chi connectivity index (χ2v) is 6.10. The molecule has 0 unspecified atom stereocenters. The molecule has 4 atom stereocenters. The van der Waals surface area contributed by atoms with Gasteiger partial charge >= 0.3 is 18.2 Å². The lowest BCUT2D eigenvalue weighted by atomic mass is 10.2. The van der Waals surface area contributed by atoms with Gasteiger partial charge in [-0.05, 0) is 20.8 Å². The van der Waals surface area contributed by atoms with Crippen LogP contribution in [0.5, 0.6) is 0 Å². The van der Waals surface area contributed by atoms with Crippen molar-refractivity contribution < 1.29 is 37.3 Å². The van der Waals surface area contributed by atoms with E-state index in [0.717, 1.165) is 0 Å². The van der Waals surface area contributed by atoms with Crippen LogP contribution in [0.1, 0.15) is 20.8 Å². The molecule has 0 radical (unpaired) electrons. The number of aliphatic carboxylic acids is 1. The van der Waals surface area contributed by atoms with E-state index in [1.165, 1.54) is 0 Å². The molecule has 0 aromatic heterocycles. The summed E-state index contributed by atoms with van der Waals surface area (Å²) >= 11 is 0. The first-order valence-electron chi connectivity index (χ1n) is 6.36. The number of amides is 1. The summed E-state index contributed by atoms with van der Waals surface area (Å²) in [6, 6.07) is -2.82. The van der Waals surface area contributed by atoms with Gasteiger partial charge in [-0.3, -0.25) is 4.90 Å². The molecule has 1 saturated carbocycles. The van der Waals surface area contributed by atoms with Crippen LogP contribution in [0.25, 0.3) is 0 Å². The lowest BCUT2D eigenvalue weighted by Crippen LogP contribution is -2.54. The van der Waals surface area contributed by atoms with Gasteiger partial charge in [-0.25, -0.2) is 9.59 Å². The maximum Gasteiger partial charge on any atom is 0.411 e. The molecule has 6 nitrogen and oxygen atoms in total. The first-order valence-corrected chi connectivity index (χ1v) is 6.36. The first-order chi connectivity index (χ1) is 9.43. The Hall–Kier alpha value is -1.51. The molecule has 1 aliphatic carbocycles. The molecular weight excluding hydrogens is 295 g/mol. The molecule has 0 aromatic carbocycles. The summed E-state index contributed by atoms with van der Waals surface area (Å²) in [6.07, 6.45) is -6.84. The summed E-state index contributed by atoms with van der Waals surface area (Å²) < 4.78 is 48.5. The van der Waals surface area contributed by atoms with Crippen molar-refractivity contribution in [2.24, 2.45) is 5.92 Å². The SMILES string of the molecule is CC(C)(C)OC(=O)N1[C@@H]2[C@H](OC[C@H]1C(=O)O)[C@H]2C(F)(F)F. The van der Waals surface area contributed by atoms with Crippen molar-refractivity contribution in [3.8, 4) is 0 Å². The molecule has 2 fully saturated rings. The zero-order valence-corrected chi connectivity index (χ0v) is 11.7. The third-order valence-electron chi connectivity index (χ3n) is 3.29. The number of carboxylic acid groups (broad SMARTS) is 1. The minimum Gasteiger partial charge on any atom is -0.480 e. The van der Waals surface area contributed by atoms with Crippen LogP contribution in [0.15, 0.2) is 0 Å². The molecule has 0 bridgehead atoms. The van der Waals surface area contributed by atoms with E-state index < -0.39 is 54.6 Å². The second kappa shape index (κ2) is 4.75. The average Bonchev–Trinajstić information content (AvgIpc) is 2.97. The molecule has 1 heterocycles. The third kappa shape index (κ3) is 3.07. The van der Waals surface area contributed by atoms with Gasteiger partial charge in [0.05, 0.1) is 18.8 Å². The van der Waals surface area contributed by atoms with E-state index in [1.807, 2.05) is 0 Å². The molecule has 1 N–H and O–H groups in total. The fourth-order valence-electron chi connectivity index (χ4n) is 2.43. The maximum atomic E-state index is 12.8. The Morgan fingerprint density at radius 2 is 1.86 bits per heavy atom. The zero-order chi connectivity index (χ0) is 16.2. The van der Waals surface area contributed by atoms with E-state index >= 15 is 0 Å². The average molecular weight is 311 g/mol. The number of hydrogen-bond donors (Lipinski definition) is 1. The molecular formula is C12H16F3NO5. The molecule has 0 spiro atoms. The fourth-order valence-corrected chi connectivity index (χ4v) is 2.43. The molecule has 2 aliphatic rings. The molecule has 9 heteroatoms. The highest BCUT2D eigenvalue weighted by Crippen LogP contribution is 2.52. The van der Waals surface area contributed by atoms with Crippen LogP contribution in [0.3, 0.4) is 0 Å². The lowest BCUT2D eigenvalue weighted by molar-refractivity contribution is -0.157. The summed E-state index contributed by atoms with van der Waals surface area (Å²) in [7, 11) is 0. The number of carbonyl (C=O) groups is 2. The minimum absolute atomic E-state index is 0.484. The van der Waals surface area contributed by atoms with Crippen molar-refractivity contribution >= 4 is 12.1 Å². The van der Waals surface area contributed by atoms with Crippen LogP contribution in [0.4, 0.5) is 18.0 Å². The van der Waals surface area contributed by atoms with Gasteiger partial charge in [0.25, 0.3) is 0 Å². The summed E-state index contributed by atoms with van der Waals surface area (Å²) in [4.78, 5) is 23.9. The van der Waals surface area contributed by atoms with Crippen LogP contribution in [-0.4, -0.2) is 58.6 Å². The minimum atomic E-state index is -4.55. The van der Waals surface area contributed by atoms with Gasteiger partial charge < -0.3 is 14.6 Å². The molecule has 1 amide bonds. The van der Waals surface area contributed by atoms with Gasteiger partial charge in [0.1, 0.15) is 11.5 Å². The summed E-state index contributed by atoms with van der Waals surface area (Å²) in [5.41, 5.74) is -0.934. The van der Waals surface area contributed by atoms with Crippen LogP contribution in [0.2, 0.25) is 0 Å². The number of rotatable bonds is 1. The Labute approximate surface area is 118 Å². The number of halogens is 3. The number of ether oxygens (including phenoxy) is 2. The number of carboxylic acids is 1. The van der Waals surface area contributed by atoms with Crippen LogP contribution >= 0.6 is 0 Å². The Morgan fingerprint density at radius 3 is 2.29 bits per heavy atom. The van der Waals surface area contributed by atoms with Gasteiger partial charge in [0, 0.05) is 0 Å². The number of nitrogens with zero attached hydrogens (tertiary/aromatic N) is 1. The van der Waals surface area contributed by atoms with Gasteiger partial charge in [-0.15, -0.1) is 0 Å². The van der Waals surface area contributed by atoms with Gasteiger partial charge in [0.2, 0.25) is 0 Å². The quantitative estimate of drug-likeness (QED) is 0.796. The Morgan fingerprint density at radius 1 is 1.29 bits per heavy atom. The zero-order valence-electron chi connectivity index (χ0n) is 11.7. The third-order valence-corrected chi connectivity index (χ3v) is 3.29. The van der Waals surface area contributed by atoms with Gasteiger partial charge in [-0.2, -0.15) is 13.2 Å². The fraction of sp³-hybridized carbons (Fsp3) is 0.833. The van der Waals surface area contributed by atoms with E-state index in [9.17, 15) is 22.8 Å². The molecule has 1 aliphatic heterocycles. The summed E-state index contributed by atoms with van der Waals surface area (Å²) in [5, 5.41) is 9.07. The van der Waals surface area contributed by atoms with Crippen LogP contribution in [0, 0.1) is 5.92 Å². The van der Waals surface area contributed by atoms with Crippen molar-refractivity contribution in [2.45, 2.75) is 50.7 Å². The Balaban J connectivity index is 2.23. The number of alkyl halides is 3. The van der Waals surface area contributed by atoms with Crippen molar-refractivity contribution in [3.63, 3.8) is 0 Å². The van der Waals surface area contributed by atoms with E-state index in [2.05, 4.69) is 0 Å². The number of morpholine rings is 1. The number of hydrogen-bond acceptors (Lipinski definition) is 4. The van der Waals surface area contributed by atoms with E-state index in [4.69, 9.17) is 14.6 Å². The molecule has 120 valence electrons. The van der Waals surface area contributed by atoms with Crippen LogP contribution < -0.4 is 0 Å². The van der Waals surface area contributed by atoms with Gasteiger partial charge in [0.15, 0.2) is 6.04 Å². The highest BCUT2D eigenvalue weighted by molar-refractivity contribution is 5.81. The monoisotopic (exact) mass is 311 g/mol. The molecule has 2 rings (SSSR count). The summed E-state index contributed by atoms with van der Waals surface area (Å²) in [6.45, 7) is 4.16. The highest BCUT2D eigenvalue weighted by Gasteiger charge is 2.72. The van der Waals surface area contributed by atoms with Crippen molar-refractivity contribution in [2.75, 3.05) is 6.61 Å². The number of fused-ring (bicyclic) bond motifs is 1. The van der Waals surface area contributed by atoms with Crippen molar-refractivity contribution in [1.82, 2.24) is 4.90 Å². The normalized spacial score (nSPS) is 32.4. The Kier molecular flexibility index (Phi) is 3.59. The maximum absolute atomic E-state index is 12.8. The topological polar surface area (TPSA) is 76.1 Å². The predicted octanol–water partition coefficient (Wildman–Crippen LogP) is 1.64. The van der Waals surface area contributed by atoms with Crippen LogP contribution in [-0.2, 0) is 14.3 Å². The second-order valence-electron chi connectivity index (χ2n) is 6.10. The smallest absolute Gasteiger partial charge is 0.411 e. The lowest BCUT2D eigenvalue weighted by Gasteiger charge is -2.34. The molecule has 21 heavy (non-hydrogen) atoms. The number of carbonyl (C=O) groups excluding carboxylic acids is 1. The largest absolute Gasteiger partial charge is 0.480 e. The highest BCUT2D eigenvalue weighted by atomic mass is 19.4. The molecule has 1 saturated heterocycles.